The molecule has 0 saturated carbocycles. The first-order valence-corrected chi connectivity index (χ1v) is 6.55. The van der Waals surface area contributed by atoms with Crippen LogP contribution in [0.1, 0.15) is 20.3 Å². The topological polar surface area (TPSA) is 47.9 Å². The van der Waals surface area contributed by atoms with E-state index in [9.17, 15) is 4.79 Å². The van der Waals surface area contributed by atoms with Gasteiger partial charge in [-0.05, 0) is 30.7 Å². The van der Waals surface area contributed by atoms with Crippen molar-refractivity contribution in [3.8, 4) is 0 Å². The van der Waals surface area contributed by atoms with E-state index in [-0.39, 0.29) is 11.9 Å². The number of amidine groups is 1. The van der Waals surface area contributed by atoms with Gasteiger partial charge in [-0.1, -0.05) is 18.5 Å². The zero-order valence-corrected chi connectivity index (χ0v) is 12.0. The number of benzene rings is 1. The fourth-order valence-corrected chi connectivity index (χ4v) is 2.11. The molecule has 1 aromatic rings. The molecule has 19 heavy (non-hydrogen) atoms. The quantitative estimate of drug-likeness (QED) is 0.922. The number of hydrazine groups is 1. The van der Waals surface area contributed by atoms with E-state index < -0.39 is 0 Å². The van der Waals surface area contributed by atoms with Crippen LogP contribution in [-0.2, 0) is 4.79 Å². The van der Waals surface area contributed by atoms with E-state index in [4.69, 9.17) is 11.6 Å². The van der Waals surface area contributed by atoms with Gasteiger partial charge in [0.1, 0.15) is 6.17 Å². The molecule has 2 rings (SSSR count). The smallest absolute Gasteiger partial charge is 0.206 e. The molecule has 1 N–H and O–H groups in total. The lowest BCUT2D eigenvalue weighted by molar-refractivity contribution is -0.112. The van der Waals surface area contributed by atoms with E-state index in [1.807, 2.05) is 29.3 Å². The van der Waals surface area contributed by atoms with Gasteiger partial charge in [-0.3, -0.25) is 9.80 Å². The van der Waals surface area contributed by atoms with Crippen LogP contribution in [0.25, 0.3) is 0 Å². The minimum Gasteiger partial charge on any atom is -0.291 e. The molecule has 0 saturated heterocycles. The van der Waals surface area contributed by atoms with Gasteiger partial charge in [-0.25, -0.2) is 10.4 Å². The first kappa shape index (κ1) is 13.8. The van der Waals surface area contributed by atoms with Gasteiger partial charge < -0.3 is 0 Å². The van der Waals surface area contributed by atoms with Crippen LogP contribution < -0.4 is 10.4 Å². The summed E-state index contributed by atoms with van der Waals surface area (Å²) < 4.78 is 0. The van der Waals surface area contributed by atoms with Crippen LogP contribution in [0.4, 0.5) is 5.69 Å². The molecule has 0 aromatic heterocycles. The normalized spacial score (nSPS) is 19.4. The molecule has 1 heterocycles. The molecule has 0 bridgehead atoms. The third-order valence-corrected chi connectivity index (χ3v) is 3.20. The Morgan fingerprint density at radius 2 is 2.05 bits per heavy atom. The first-order valence-electron chi connectivity index (χ1n) is 6.17. The number of nitrogens with zero attached hydrogens (tertiary/aromatic N) is 3. The SMILES string of the molecule is CCC1NN(C)C(C(C)=O)=NN1c1ccc(Cl)cc1. The third kappa shape index (κ3) is 2.88. The number of likely N-dealkylation sites (N-methyl/N-ethyl adjacent to an activating group) is 1. The highest BCUT2D eigenvalue weighted by Crippen LogP contribution is 2.23. The summed E-state index contributed by atoms with van der Waals surface area (Å²) in [6.07, 6.45) is 0.857. The maximum absolute atomic E-state index is 11.6. The maximum atomic E-state index is 11.6. The molecule has 0 aliphatic carbocycles. The molecule has 102 valence electrons. The minimum absolute atomic E-state index is 0.00859. The predicted molar refractivity (Wildman–Crippen MR) is 77.0 cm³/mol. The summed E-state index contributed by atoms with van der Waals surface area (Å²) in [5.41, 5.74) is 4.13. The number of hydrogen-bond donors (Lipinski definition) is 1. The van der Waals surface area contributed by atoms with Gasteiger partial charge in [0.05, 0.1) is 5.69 Å². The second kappa shape index (κ2) is 5.59. The molecule has 5 nitrogen and oxygen atoms in total. The molecule has 0 fully saturated rings. The largest absolute Gasteiger partial charge is 0.291 e. The second-order valence-electron chi connectivity index (χ2n) is 4.41. The highest BCUT2D eigenvalue weighted by molar-refractivity contribution is 6.37. The number of anilines is 1. The molecule has 1 aromatic carbocycles. The molecule has 1 atom stereocenters. The number of hydrogen-bond acceptors (Lipinski definition) is 5. The Morgan fingerprint density at radius 3 is 2.58 bits per heavy atom. The van der Waals surface area contributed by atoms with E-state index in [0.717, 1.165) is 12.1 Å². The fourth-order valence-electron chi connectivity index (χ4n) is 1.98. The van der Waals surface area contributed by atoms with Crippen molar-refractivity contribution in [2.45, 2.75) is 26.4 Å². The lowest BCUT2D eigenvalue weighted by atomic mass is 10.2. The van der Waals surface area contributed by atoms with Gasteiger partial charge in [-0.15, -0.1) is 5.10 Å². The molecule has 0 radical (unpaired) electrons. The first-order chi connectivity index (χ1) is 9.02. The number of carbonyl (C=O) groups excluding carboxylic acids is 1. The van der Waals surface area contributed by atoms with Gasteiger partial charge in [0.15, 0.2) is 5.78 Å². The molecular weight excluding hydrogens is 264 g/mol. The summed E-state index contributed by atoms with van der Waals surface area (Å²) >= 11 is 5.89. The number of rotatable bonds is 3. The number of nitrogens with one attached hydrogen (secondary N) is 1. The average Bonchev–Trinajstić information content (AvgIpc) is 2.39. The molecule has 1 aliphatic heterocycles. The van der Waals surface area contributed by atoms with Crippen molar-refractivity contribution in [3.05, 3.63) is 29.3 Å². The summed E-state index contributed by atoms with van der Waals surface area (Å²) in [6, 6.07) is 7.40. The van der Waals surface area contributed by atoms with E-state index in [0.29, 0.717) is 10.9 Å². The monoisotopic (exact) mass is 280 g/mol. The van der Waals surface area contributed by atoms with Crippen LogP contribution in [0.15, 0.2) is 29.4 Å². The van der Waals surface area contributed by atoms with E-state index in [1.165, 1.54) is 6.92 Å². The minimum atomic E-state index is -0.0801. The highest BCUT2D eigenvalue weighted by atomic mass is 35.5. The molecule has 0 spiro atoms. The second-order valence-corrected chi connectivity index (χ2v) is 4.85. The molecule has 0 amide bonds. The summed E-state index contributed by atoms with van der Waals surface area (Å²) in [4.78, 5) is 11.6. The molecule has 1 aliphatic rings. The maximum Gasteiger partial charge on any atom is 0.206 e. The van der Waals surface area contributed by atoms with Crippen LogP contribution in [-0.4, -0.2) is 29.8 Å². The van der Waals surface area contributed by atoms with Crippen LogP contribution in [0.5, 0.6) is 0 Å². The Bertz CT molecular complexity index is 500. The van der Waals surface area contributed by atoms with Crippen LogP contribution in [0, 0.1) is 0 Å². The lowest BCUT2D eigenvalue weighted by Gasteiger charge is -2.38. The Balaban J connectivity index is 2.39. The molecular formula is C13H17ClN4O. The van der Waals surface area contributed by atoms with Gasteiger partial charge in [0, 0.05) is 19.0 Å². The molecule has 1 unspecified atom stereocenters. The Morgan fingerprint density at radius 1 is 1.42 bits per heavy atom. The Kier molecular flexibility index (Phi) is 4.07. The third-order valence-electron chi connectivity index (χ3n) is 2.95. The number of ketones is 1. The fraction of sp³-hybridized carbons (Fsp3) is 0.385. The van der Waals surface area contributed by atoms with Gasteiger partial charge in [-0.2, -0.15) is 0 Å². The zero-order chi connectivity index (χ0) is 14.0. The van der Waals surface area contributed by atoms with Crippen LogP contribution in [0.3, 0.4) is 0 Å². The van der Waals surface area contributed by atoms with Crippen molar-refractivity contribution in [1.82, 2.24) is 10.4 Å². The zero-order valence-electron chi connectivity index (χ0n) is 11.2. The van der Waals surface area contributed by atoms with Crippen molar-refractivity contribution in [2.24, 2.45) is 5.10 Å². The number of Topliss-reactive ketones (excluding diaryl/α,β-unsaturated/α-hetero) is 1. The Labute approximate surface area is 117 Å². The van der Waals surface area contributed by atoms with Gasteiger partial charge >= 0.3 is 0 Å². The number of halogens is 1. The van der Waals surface area contributed by atoms with Crippen molar-refractivity contribution in [3.63, 3.8) is 0 Å². The highest BCUT2D eigenvalue weighted by Gasteiger charge is 2.27. The Hall–Kier alpha value is -1.59. The summed E-state index contributed by atoms with van der Waals surface area (Å²) in [6.45, 7) is 3.56. The van der Waals surface area contributed by atoms with Crippen molar-refractivity contribution < 1.29 is 4.79 Å². The van der Waals surface area contributed by atoms with Crippen LogP contribution in [0.2, 0.25) is 5.02 Å². The van der Waals surface area contributed by atoms with Gasteiger partial charge in [0.2, 0.25) is 5.84 Å². The lowest BCUT2D eigenvalue weighted by Crippen LogP contribution is -2.58. The number of carbonyl (C=O) groups is 1. The van der Waals surface area contributed by atoms with Crippen molar-refractivity contribution in [1.29, 1.82) is 0 Å². The van der Waals surface area contributed by atoms with Crippen molar-refractivity contribution in [2.75, 3.05) is 12.1 Å². The average molecular weight is 281 g/mol. The van der Waals surface area contributed by atoms with Gasteiger partial charge in [0.25, 0.3) is 0 Å². The van der Waals surface area contributed by atoms with E-state index in [2.05, 4.69) is 17.5 Å². The van der Waals surface area contributed by atoms with Crippen molar-refractivity contribution >= 4 is 28.9 Å². The van der Waals surface area contributed by atoms with E-state index >= 15 is 0 Å². The molecule has 6 heteroatoms. The summed E-state index contributed by atoms with van der Waals surface area (Å²) in [5, 5.41) is 8.59. The summed E-state index contributed by atoms with van der Waals surface area (Å²) in [5.74, 6) is 0.308. The van der Waals surface area contributed by atoms with E-state index in [1.54, 1.807) is 12.1 Å². The number of hydrazone groups is 1. The summed E-state index contributed by atoms with van der Waals surface area (Å²) in [7, 11) is 1.79. The predicted octanol–water partition coefficient (Wildman–Crippen LogP) is 2.23. The van der Waals surface area contributed by atoms with Crippen LogP contribution >= 0.6 is 11.6 Å². The standard InChI is InChI=1S/C13H17ClN4O/c1-4-12-15-17(3)13(9(2)19)16-18(12)11-7-5-10(14)6-8-11/h5-8,12,15H,4H2,1-3H3.